The molecule has 0 spiro atoms. The van der Waals surface area contributed by atoms with Crippen molar-refractivity contribution in [3.05, 3.63) is 28.7 Å². The van der Waals surface area contributed by atoms with Crippen LogP contribution in [0.15, 0.2) is 23.4 Å². The van der Waals surface area contributed by atoms with Crippen molar-refractivity contribution in [1.82, 2.24) is 0 Å². The van der Waals surface area contributed by atoms with Gasteiger partial charge in [0.1, 0.15) is 11.4 Å². The van der Waals surface area contributed by atoms with E-state index in [1.807, 2.05) is 0 Å². The highest BCUT2D eigenvalue weighted by molar-refractivity contribution is 5.86. The van der Waals surface area contributed by atoms with Gasteiger partial charge in [-0.1, -0.05) is 6.07 Å². The van der Waals surface area contributed by atoms with Gasteiger partial charge in [0, 0.05) is 0 Å². The van der Waals surface area contributed by atoms with E-state index in [4.69, 9.17) is 5.11 Å². The van der Waals surface area contributed by atoms with E-state index >= 15 is 0 Å². The Hall–Kier alpha value is -1.71. The van der Waals surface area contributed by atoms with Crippen molar-refractivity contribution in [2.75, 3.05) is 0 Å². The minimum atomic E-state index is -0.225. The molecule has 11 heavy (non-hydrogen) atoms. The zero-order chi connectivity index (χ0) is 8.27. The van der Waals surface area contributed by atoms with Gasteiger partial charge in [0.05, 0.1) is 5.56 Å². The third kappa shape index (κ3) is 1.24. The van der Waals surface area contributed by atoms with Crippen molar-refractivity contribution < 1.29 is 9.90 Å². The molecule has 0 heterocycles. The van der Waals surface area contributed by atoms with E-state index < -0.39 is 0 Å². The molecule has 0 atom stereocenters. The quantitative estimate of drug-likeness (QED) is 0.515. The van der Waals surface area contributed by atoms with E-state index in [0.29, 0.717) is 6.29 Å². The lowest BCUT2D eigenvalue weighted by atomic mass is 10.2. The van der Waals surface area contributed by atoms with Crippen LogP contribution in [0.25, 0.3) is 0 Å². The van der Waals surface area contributed by atoms with Crippen molar-refractivity contribution >= 4 is 12.0 Å². The fraction of sp³-hybridized carbons (Fsp3) is 0. The Morgan fingerprint density at radius 3 is 2.64 bits per heavy atom. The number of rotatable bonds is 2. The van der Waals surface area contributed by atoms with Gasteiger partial charge in [0.15, 0.2) is 6.29 Å². The molecular formula is C7H5NO3. The van der Waals surface area contributed by atoms with E-state index in [0.717, 1.165) is 0 Å². The maximum absolute atomic E-state index is 10.2. The van der Waals surface area contributed by atoms with Crippen LogP contribution in [0, 0.1) is 4.91 Å². The van der Waals surface area contributed by atoms with Crippen molar-refractivity contribution in [3.8, 4) is 5.75 Å². The number of aromatic hydroxyl groups is 1. The predicted molar refractivity (Wildman–Crippen MR) is 38.9 cm³/mol. The van der Waals surface area contributed by atoms with Gasteiger partial charge in [0.25, 0.3) is 0 Å². The summed E-state index contributed by atoms with van der Waals surface area (Å²) >= 11 is 0. The minimum Gasteiger partial charge on any atom is -0.507 e. The highest BCUT2D eigenvalue weighted by Gasteiger charge is 2.05. The van der Waals surface area contributed by atoms with E-state index in [9.17, 15) is 9.70 Å². The van der Waals surface area contributed by atoms with Gasteiger partial charge in [-0.15, -0.1) is 4.91 Å². The number of benzene rings is 1. The zero-order valence-electron chi connectivity index (χ0n) is 5.52. The molecule has 1 N–H and O–H groups in total. The molecule has 0 aromatic heterocycles. The molecule has 0 fully saturated rings. The Labute approximate surface area is 62.4 Å². The van der Waals surface area contributed by atoms with Crippen LogP contribution in [-0.4, -0.2) is 11.4 Å². The molecule has 1 rings (SSSR count). The number of nitrogens with zero attached hydrogens (tertiary/aromatic N) is 1. The molecule has 0 aliphatic rings. The zero-order valence-corrected chi connectivity index (χ0v) is 5.52. The van der Waals surface area contributed by atoms with E-state index in [2.05, 4.69) is 5.18 Å². The van der Waals surface area contributed by atoms with Gasteiger partial charge >= 0.3 is 0 Å². The average molecular weight is 151 g/mol. The Balaban J connectivity index is 3.35. The van der Waals surface area contributed by atoms with Crippen molar-refractivity contribution in [1.29, 1.82) is 0 Å². The fourth-order valence-electron chi connectivity index (χ4n) is 0.742. The first-order chi connectivity index (χ1) is 5.29. The van der Waals surface area contributed by atoms with Crippen LogP contribution in [0.5, 0.6) is 5.75 Å². The van der Waals surface area contributed by atoms with Gasteiger partial charge in [-0.3, -0.25) is 4.79 Å². The second-order valence-electron chi connectivity index (χ2n) is 1.92. The summed E-state index contributed by atoms with van der Waals surface area (Å²) in [6.07, 6.45) is 0.395. The molecule has 0 saturated carbocycles. The summed E-state index contributed by atoms with van der Waals surface area (Å²) in [7, 11) is 0. The number of aldehydes is 1. The van der Waals surface area contributed by atoms with Gasteiger partial charge in [0.2, 0.25) is 0 Å². The SMILES string of the molecule is O=Cc1c(O)cccc1N=O. The normalized spacial score (nSPS) is 9.09. The van der Waals surface area contributed by atoms with Crippen molar-refractivity contribution in [2.45, 2.75) is 0 Å². The third-order valence-corrected chi connectivity index (χ3v) is 1.28. The van der Waals surface area contributed by atoms with Gasteiger partial charge in [-0.05, 0) is 17.3 Å². The Morgan fingerprint density at radius 2 is 2.18 bits per heavy atom. The summed E-state index contributed by atoms with van der Waals surface area (Å²) in [6, 6.07) is 4.12. The number of nitroso groups, excluding NO2 is 1. The van der Waals surface area contributed by atoms with Gasteiger partial charge in [-0.2, -0.15) is 0 Å². The molecular weight excluding hydrogens is 146 g/mol. The first-order valence-corrected chi connectivity index (χ1v) is 2.90. The maximum Gasteiger partial charge on any atom is 0.156 e. The molecule has 56 valence electrons. The lowest BCUT2D eigenvalue weighted by molar-refractivity contribution is 0.112. The van der Waals surface area contributed by atoms with Crippen LogP contribution in [0.3, 0.4) is 0 Å². The van der Waals surface area contributed by atoms with Crippen molar-refractivity contribution in [3.63, 3.8) is 0 Å². The first kappa shape index (κ1) is 7.40. The second kappa shape index (κ2) is 2.92. The van der Waals surface area contributed by atoms with Crippen LogP contribution in [0.2, 0.25) is 0 Å². The smallest absolute Gasteiger partial charge is 0.156 e. The van der Waals surface area contributed by atoms with E-state index in [1.54, 1.807) is 0 Å². The van der Waals surface area contributed by atoms with E-state index in [1.165, 1.54) is 18.2 Å². The number of hydrogen-bond donors (Lipinski definition) is 1. The molecule has 0 aliphatic heterocycles. The highest BCUT2D eigenvalue weighted by atomic mass is 16.3. The molecule has 4 nitrogen and oxygen atoms in total. The maximum atomic E-state index is 10.2. The minimum absolute atomic E-state index is 0.0417. The van der Waals surface area contributed by atoms with Gasteiger partial charge in [-0.25, -0.2) is 0 Å². The average Bonchev–Trinajstić information content (AvgIpc) is 2.04. The molecule has 0 unspecified atom stereocenters. The van der Waals surface area contributed by atoms with Crippen LogP contribution in [-0.2, 0) is 0 Å². The Morgan fingerprint density at radius 1 is 1.45 bits per heavy atom. The predicted octanol–water partition coefficient (Wildman–Crippen LogP) is 1.60. The van der Waals surface area contributed by atoms with Crippen LogP contribution in [0.4, 0.5) is 5.69 Å². The number of phenols is 1. The lowest BCUT2D eigenvalue weighted by Gasteiger charge is -1.96. The molecule has 0 saturated heterocycles. The van der Waals surface area contributed by atoms with E-state index in [-0.39, 0.29) is 17.0 Å². The molecule has 1 aromatic rings. The summed E-state index contributed by atoms with van der Waals surface area (Å²) in [4.78, 5) is 20.3. The summed E-state index contributed by atoms with van der Waals surface area (Å²) < 4.78 is 0. The summed E-state index contributed by atoms with van der Waals surface area (Å²) in [6.45, 7) is 0. The number of carbonyl (C=O) groups excluding carboxylic acids is 1. The third-order valence-electron chi connectivity index (χ3n) is 1.28. The molecule has 1 aromatic carbocycles. The van der Waals surface area contributed by atoms with Crippen LogP contribution >= 0.6 is 0 Å². The topological polar surface area (TPSA) is 66.7 Å². The highest BCUT2D eigenvalue weighted by Crippen LogP contribution is 2.24. The molecule has 0 bridgehead atoms. The van der Waals surface area contributed by atoms with Crippen LogP contribution < -0.4 is 0 Å². The summed E-state index contributed by atoms with van der Waals surface area (Å²) in [5.41, 5.74) is -0.109. The van der Waals surface area contributed by atoms with Gasteiger partial charge < -0.3 is 5.11 Å². The largest absolute Gasteiger partial charge is 0.507 e. The Bertz CT molecular complexity index is 296. The summed E-state index contributed by atoms with van der Waals surface area (Å²) in [5, 5.41) is 11.6. The second-order valence-corrected chi connectivity index (χ2v) is 1.92. The lowest BCUT2D eigenvalue weighted by Crippen LogP contribution is -1.80. The molecule has 0 aliphatic carbocycles. The standard InChI is InChI=1S/C7H5NO3/c9-4-5-6(8-11)2-1-3-7(5)10/h1-4,10H. The summed E-state index contributed by atoms with van der Waals surface area (Å²) in [5.74, 6) is -0.225. The monoisotopic (exact) mass is 151 g/mol. The fourth-order valence-corrected chi connectivity index (χ4v) is 0.742. The van der Waals surface area contributed by atoms with Crippen molar-refractivity contribution in [2.24, 2.45) is 5.18 Å². The molecule has 4 heteroatoms. The number of phenolic OH excluding ortho intramolecular Hbond substituents is 1. The number of hydrogen-bond acceptors (Lipinski definition) is 4. The Kier molecular flexibility index (Phi) is 1.96. The number of carbonyl (C=O) groups is 1. The molecule has 0 amide bonds. The molecule has 0 radical (unpaired) electrons. The van der Waals surface area contributed by atoms with Crippen LogP contribution in [0.1, 0.15) is 10.4 Å². The first-order valence-electron chi connectivity index (χ1n) is 2.90.